The number of hydrogen-bond donors (Lipinski definition) is 0. The average Bonchev–Trinajstić information content (AvgIpc) is 2.45. The van der Waals surface area contributed by atoms with Crippen molar-refractivity contribution >= 4 is 5.71 Å². The Bertz CT molecular complexity index is 386. The van der Waals surface area contributed by atoms with Gasteiger partial charge >= 0.3 is 0 Å². The molecule has 0 aliphatic carbocycles. The van der Waals surface area contributed by atoms with Crippen molar-refractivity contribution in [2.45, 2.75) is 59.0 Å². The summed E-state index contributed by atoms with van der Waals surface area (Å²) in [5, 5.41) is 0. The first-order chi connectivity index (χ1) is 9.18. The van der Waals surface area contributed by atoms with Gasteiger partial charge in [0, 0.05) is 6.54 Å². The molecule has 0 bridgehead atoms. The van der Waals surface area contributed by atoms with E-state index in [2.05, 4.69) is 27.7 Å². The average molecular weight is 261 g/mol. The Morgan fingerprint density at radius 1 is 1.11 bits per heavy atom. The Morgan fingerprint density at radius 2 is 1.79 bits per heavy atom. The van der Waals surface area contributed by atoms with Gasteiger partial charge in [-0.15, -0.1) is 0 Å². The molecule has 0 heterocycles. The largest absolute Gasteiger partial charge is 0.481 e. The van der Waals surface area contributed by atoms with E-state index in [-0.39, 0.29) is 5.60 Å². The number of aliphatic imine (C=N–C) groups is 1. The number of para-hydroxylation sites is 1. The van der Waals surface area contributed by atoms with Gasteiger partial charge in [-0.3, -0.25) is 4.99 Å². The maximum atomic E-state index is 6.32. The molecule has 1 rings (SSSR count). The molecule has 1 atom stereocenters. The summed E-state index contributed by atoms with van der Waals surface area (Å²) in [4.78, 5) is 4.69. The van der Waals surface area contributed by atoms with Crippen LogP contribution in [0.2, 0.25) is 0 Å². The van der Waals surface area contributed by atoms with Crippen LogP contribution in [0.3, 0.4) is 0 Å². The fourth-order valence-electron chi connectivity index (χ4n) is 2.35. The molecule has 1 aromatic rings. The third-order valence-electron chi connectivity index (χ3n) is 3.51. The normalized spacial score (nSPS) is 15.1. The first kappa shape index (κ1) is 15.7. The Labute approximate surface area is 117 Å². The maximum Gasteiger partial charge on any atom is 0.146 e. The van der Waals surface area contributed by atoms with Gasteiger partial charge in [0.05, 0.1) is 5.71 Å². The summed E-state index contributed by atoms with van der Waals surface area (Å²) in [5.41, 5.74) is 0.883. The van der Waals surface area contributed by atoms with E-state index in [1.165, 1.54) is 0 Å². The van der Waals surface area contributed by atoms with Gasteiger partial charge in [-0.25, -0.2) is 0 Å². The zero-order chi connectivity index (χ0) is 14.1. The molecule has 2 heteroatoms. The molecule has 1 aromatic carbocycles. The monoisotopic (exact) mass is 261 g/mol. The van der Waals surface area contributed by atoms with Gasteiger partial charge in [0.2, 0.25) is 0 Å². The lowest BCUT2D eigenvalue weighted by Crippen LogP contribution is -2.43. The number of ether oxygens (including phenoxy) is 1. The molecule has 0 spiro atoms. The summed E-state index contributed by atoms with van der Waals surface area (Å²) in [6.07, 6.45) is 4.14. The van der Waals surface area contributed by atoms with Crippen molar-refractivity contribution in [3.8, 4) is 5.75 Å². The van der Waals surface area contributed by atoms with Gasteiger partial charge < -0.3 is 4.74 Å². The third kappa shape index (κ3) is 4.38. The van der Waals surface area contributed by atoms with Crippen LogP contribution >= 0.6 is 0 Å². The molecule has 0 saturated heterocycles. The highest BCUT2D eigenvalue weighted by Crippen LogP contribution is 2.27. The van der Waals surface area contributed by atoms with E-state index in [0.717, 1.165) is 43.7 Å². The van der Waals surface area contributed by atoms with Crippen LogP contribution < -0.4 is 4.74 Å². The fraction of sp³-hybridized carbons (Fsp3) is 0.588. The van der Waals surface area contributed by atoms with Crippen LogP contribution in [0.1, 0.15) is 53.4 Å². The van der Waals surface area contributed by atoms with E-state index in [4.69, 9.17) is 9.73 Å². The summed E-state index contributed by atoms with van der Waals surface area (Å²) in [5.74, 6) is 0.934. The van der Waals surface area contributed by atoms with E-state index >= 15 is 0 Å². The van der Waals surface area contributed by atoms with E-state index in [1.807, 2.05) is 30.3 Å². The second-order valence-corrected chi connectivity index (χ2v) is 4.98. The van der Waals surface area contributed by atoms with Crippen LogP contribution in [-0.2, 0) is 0 Å². The summed E-state index contributed by atoms with van der Waals surface area (Å²) in [6.45, 7) is 9.53. The van der Waals surface area contributed by atoms with Crippen molar-refractivity contribution in [3.63, 3.8) is 0 Å². The Kier molecular flexibility index (Phi) is 6.61. The molecule has 0 radical (unpaired) electrons. The van der Waals surface area contributed by atoms with E-state index in [0.29, 0.717) is 0 Å². The molecule has 0 aliphatic heterocycles. The molecule has 0 N–H and O–H groups in total. The lowest BCUT2D eigenvalue weighted by atomic mass is 9.89. The fourth-order valence-corrected chi connectivity index (χ4v) is 2.35. The third-order valence-corrected chi connectivity index (χ3v) is 3.51. The summed E-state index contributed by atoms with van der Waals surface area (Å²) in [7, 11) is 0. The number of benzene rings is 1. The first-order valence-corrected chi connectivity index (χ1v) is 7.44. The van der Waals surface area contributed by atoms with Gasteiger partial charge in [-0.1, -0.05) is 45.4 Å². The van der Waals surface area contributed by atoms with Crippen LogP contribution in [0.25, 0.3) is 0 Å². The number of rotatable bonds is 8. The summed E-state index contributed by atoms with van der Waals surface area (Å²) >= 11 is 0. The second-order valence-electron chi connectivity index (χ2n) is 4.98. The molecule has 1 unspecified atom stereocenters. The smallest absolute Gasteiger partial charge is 0.146 e. The topological polar surface area (TPSA) is 21.6 Å². The van der Waals surface area contributed by atoms with Crippen LogP contribution in [0.15, 0.2) is 35.3 Å². The lowest BCUT2D eigenvalue weighted by molar-refractivity contribution is 0.124. The quantitative estimate of drug-likeness (QED) is 0.611. The predicted octanol–water partition coefficient (Wildman–Crippen LogP) is 4.89. The highest BCUT2D eigenvalue weighted by Gasteiger charge is 2.32. The lowest BCUT2D eigenvalue weighted by Gasteiger charge is -2.33. The predicted molar refractivity (Wildman–Crippen MR) is 83.3 cm³/mol. The van der Waals surface area contributed by atoms with Gasteiger partial charge in [0.15, 0.2) is 0 Å². The summed E-state index contributed by atoms with van der Waals surface area (Å²) < 4.78 is 6.32. The highest BCUT2D eigenvalue weighted by atomic mass is 16.5. The Balaban J connectivity index is 2.97. The molecule has 0 fully saturated rings. The van der Waals surface area contributed by atoms with Crippen LogP contribution in [0.4, 0.5) is 0 Å². The zero-order valence-corrected chi connectivity index (χ0v) is 12.8. The minimum Gasteiger partial charge on any atom is -0.481 e. The molecule has 0 aliphatic rings. The molecule has 0 amide bonds. The highest BCUT2D eigenvalue weighted by molar-refractivity contribution is 5.90. The second kappa shape index (κ2) is 7.98. The number of nitrogens with zero attached hydrogens (tertiary/aromatic N) is 1. The molecule has 0 aromatic heterocycles. The van der Waals surface area contributed by atoms with Crippen molar-refractivity contribution in [2.75, 3.05) is 6.54 Å². The Hall–Kier alpha value is -1.31. The van der Waals surface area contributed by atoms with Crippen LogP contribution in [-0.4, -0.2) is 17.9 Å². The van der Waals surface area contributed by atoms with Gasteiger partial charge in [0.25, 0.3) is 0 Å². The van der Waals surface area contributed by atoms with Gasteiger partial charge in [-0.05, 0) is 38.3 Å². The van der Waals surface area contributed by atoms with E-state index in [1.54, 1.807) is 0 Å². The molecular formula is C17H27NO. The van der Waals surface area contributed by atoms with Crippen molar-refractivity contribution in [2.24, 2.45) is 4.99 Å². The van der Waals surface area contributed by atoms with Crippen molar-refractivity contribution in [1.82, 2.24) is 0 Å². The zero-order valence-electron chi connectivity index (χ0n) is 12.8. The SMILES string of the molecule is CCC/N=C(\C)C(CC)(CCC)Oc1ccccc1. The molecule has 0 saturated carbocycles. The van der Waals surface area contributed by atoms with Crippen LogP contribution in [0, 0.1) is 0 Å². The molecule has 2 nitrogen and oxygen atoms in total. The standard InChI is InChI=1S/C17H27NO/c1-5-13-17(7-3,15(4)18-14-6-2)19-16-11-9-8-10-12-16/h8-12H,5-7,13-14H2,1-4H3/b18-15+. The van der Waals surface area contributed by atoms with Gasteiger partial charge in [0.1, 0.15) is 11.4 Å². The molecular weight excluding hydrogens is 234 g/mol. The van der Waals surface area contributed by atoms with Crippen LogP contribution in [0.5, 0.6) is 5.75 Å². The maximum absolute atomic E-state index is 6.32. The summed E-state index contributed by atoms with van der Waals surface area (Å²) in [6, 6.07) is 10.1. The minimum absolute atomic E-state index is 0.245. The van der Waals surface area contributed by atoms with E-state index < -0.39 is 0 Å². The van der Waals surface area contributed by atoms with Crippen molar-refractivity contribution in [3.05, 3.63) is 30.3 Å². The molecule has 106 valence electrons. The van der Waals surface area contributed by atoms with E-state index in [9.17, 15) is 0 Å². The van der Waals surface area contributed by atoms with Crippen molar-refractivity contribution in [1.29, 1.82) is 0 Å². The van der Waals surface area contributed by atoms with Crippen molar-refractivity contribution < 1.29 is 4.74 Å². The first-order valence-electron chi connectivity index (χ1n) is 7.44. The van der Waals surface area contributed by atoms with Gasteiger partial charge in [-0.2, -0.15) is 0 Å². The minimum atomic E-state index is -0.245. The molecule has 19 heavy (non-hydrogen) atoms. The Morgan fingerprint density at radius 3 is 2.32 bits per heavy atom. The number of hydrogen-bond acceptors (Lipinski definition) is 2.